The highest BCUT2D eigenvalue weighted by Gasteiger charge is 2.09. The molecular weight excluding hydrogens is 186 g/mol. The van der Waals surface area contributed by atoms with Crippen LogP contribution in [0.1, 0.15) is 13.8 Å². The molecule has 4 nitrogen and oxygen atoms in total. The zero-order chi connectivity index (χ0) is 10.7. The zero-order valence-electron chi connectivity index (χ0n) is 9.66. The second-order valence-electron chi connectivity index (χ2n) is 2.78. The van der Waals surface area contributed by atoms with Crippen LogP contribution >= 0.6 is 0 Å². The highest BCUT2D eigenvalue weighted by Crippen LogP contribution is 1.88. The van der Waals surface area contributed by atoms with E-state index in [9.17, 15) is 0 Å². The summed E-state index contributed by atoms with van der Waals surface area (Å²) in [6.45, 7) is 5.20. The SMILES string of the molecule is CCO[SiH](OC)OCC.CN(C)C. The van der Waals surface area contributed by atoms with E-state index in [-0.39, 0.29) is 0 Å². The molecule has 0 unspecified atom stereocenters. The third-order valence-corrected chi connectivity index (χ3v) is 2.39. The molecule has 0 aliphatic heterocycles. The molecule has 0 bridgehead atoms. The van der Waals surface area contributed by atoms with Crippen molar-refractivity contribution < 1.29 is 13.3 Å². The van der Waals surface area contributed by atoms with Crippen LogP contribution in [0.25, 0.3) is 0 Å². The molecule has 0 saturated carbocycles. The minimum absolute atomic E-state index is 0.671. The molecule has 0 fully saturated rings. The van der Waals surface area contributed by atoms with Gasteiger partial charge in [0.15, 0.2) is 0 Å². The lowest BCUT2D eigenvalue weighted by Crippen LogP contribution is -2.25. The van der Waals surface area contributed by atoms with Crippen molar-refractivity contribution in [3.63, 3.8) is 0 Å². The maximum atomic E-state index is 5.13. The molecule has 0 heterocycles. The van der Waals surface area contributed by atoms with Crippen molar-refractivity contribution in [3.8, 4) is 0 Å². The highest BCUT2D eigenvalue weighted by atomic mass is 28.3. The summed E-state index contributed by atoms with van der Waals surface area (Å²) in [5, 5.41) is 0. The third kappa shape index (κ3) is 18.8. The van der Waals surface area contributed by atoms with Crippen molar-refractivity contribution >= 4 is 9.53 Å². The summed E-state index contributed by atoms with van der Waals surface area (Å²) in [6.07, 6.45) is 0. The maximum absolute atomic E-state index is 5.13. The lowest BCUT2D eigenvalue weighted by molar-refractivity contribution is 0.123. The number of rotatable bonds is 5. The first-order valence-corrected chi connectivity index (χ1v) is 5.86. The molecule has 0 spiro atoms. The van der Waals surface area contributed by atoms with Crippen LogP contribution in [-0.4, -0.2) is 55.9 Å². The van der Waals surface area contributed by atoms with Crippen LogP contribution < -0.4 is 0 Å². The molecule has 5 heteroatoms. The molecule has 0 aliphatic rings. The van der Waals surface area contributed by atoms with Crippen LogP contribution in [0.2, 0.25) is 0 Å². The van der Waals surface area contributed by atoms with Gasteiger partial charge in [-0.3, -0.25) is 0 Å². The van der Waals surface area contributed by atoms with Gasteiger partial charge in [-0.05, 0) is 35.0 Å². The quantitative estimate of drug-likeness (QED) is 0.621. The van der Waals surface area contributed by atoms with Crippen LogP contribution in [0.15, 0.2) is 0 Å². The Morgan fingerprint density at radius 1 is 1.00 bits per heavy atom. The zero-order valence-corrected chi connectivity index (χ0v) is 10.8. The Balaban J connectivity index is 0. The normalized spacial score (nSPS) is 10.2. The van der Waals surface area contributed by atoms with Gasteiger partial charge < -0.3 is 18.2 Å². The van der Waals surface area contributed by atoms with E-state index in [0.29, 0.717) is 13.2 Å². The van der Waals surface area contributed by atoms with Crippen molar-refractivity contribution in [2.24, 2.45) is 0 Å². The summed E-state index contributed by atoms with van der Waals surface area (Å²) in [5.74, 6) is 0. The maximum Gasteiger partial charge on any atom is 0.483 e. The van der Waals surface area contributed by atoms with Gasteiger partial charge in [0.25, 0.3) is 0 Å². The van der Waals surface area contributed by atoms with Crippen molar-refractivity contribution in [2.45, 2.75) is 13.8 Å². The number of hydrogen-bond donors (Lipinski definition) is 0. The third-order valence-electron chi connectivity index (χ3n) is 0.798. The Morgan fingerprint density at radius 3 is 1.46 bits per heavy atom. The van der Waals surface area contributed by atoms with Crippen molar-refractivity contribution in [2.75, 3.05) is 41.5 Å². The fourth-order valence-corrected chi connectivity index (χ4v) is 1.37. The lowest BCUT2D eigenvalue weighted by atomic mass is 10.9. The van der Waals surface area contributed by atoms with E-state index >= 15 is 0 Å². The Kier molecular flexibility index (Phi) is 14.4. The van der Waals surface area contributed by atoms with E-state index in [1.165, 1.54) is 0 Å². The first kappa shape index (κ1) is 15.5. The standard InChI is InChI=1S/C5H14O3Si.C3H9N/c1-4-7-9(6-3)8-5-2;1-4(2)3/h9H,4-5H2,1-3H3;1-3H3. The van der Waals surface area contributed by atoms with Gasteiger partial charge in [0.05, 0.1) is 0 Å². The molecule has 0 rings (SSSR count). The predicted molar refractivity (Wildman–Crippen MR) is 57.0 cm³/mol. The van der Waals surface area contributed by atoms with Gasteiger partial charge in [-0.2, -0.15) is 0 Å². The molecule has 0 saturated heterocycles. The summed E-state index contributed by atoms with van der Waals surface area (Å²) in [4.78, 5) is 2.00. The molecule has 0 radical (unpaired) electrons. The summed E-state index contributed by atoms with van der Waals surface area (Å²) < 4.78 is 15.2. The minimum atomic E-state index is -1.71. The Hall–Kier alpha value is 0.0569. The Morgan fingerprint density at radius 2 is 1.31 bits per heavy atom. The van der Waals surface area contributed by atoms with Crippen LogP contribution in [0.3, 0.4) is 0 Å². The fourth-order valence-electron chi connectivity index (χ4n) is 0.456. The van der Waals surface area contributed by atoms with Gasteiger partial charge in [-0.25, -0.2) is 0 Å². The van der Waals surface area contributed by atoms with Crippen LogP contribution in [-0.2, 0) is 13.3 Å². The molecule has 82 valence electrons. The largest absolute Gasteiger partial charge is 0.483 e. The Bertz CT molecular complexity index is 84.7. The van der Waals surface area contributed by atoms with Gasteiger partial charge in [0.1, 0.15) is 0 Å². The molecule has 13 heavy (non-hydrogen) atoms. The average Bonchev–Trinajstić information content (AvgIpc) is 2.03. The van der Waals surface area contributed by atoms with Crippen molar-refractivity contribution in [1.29, 1.82) is 0 Å². The highest BCUT2D eigenvalue weighted by molar-refractivity contribution is 6.36. The fraction of sp³-hybridized carbons (Fsp3) is 1.00. The average molecular weight is 209 g/mol. The van der Waals surface area contributed by atoms with E-state index in [2.05, 4.69) is 0 Å². The van der Waals surface area contributed by atoms with E-state index < -0.39 is 9.53 Å². The summed E-state index contributed by atoms with van der Waals surface area (Å²) in [7, 11) is 5.90. The molecule has 0 atom stereocenters. The summed E-state index contributed by atoms with van der Waals surface area (Å²) in [5.41, 5.74) is 0. The first-order chi connectivity index (χ1) is 6.08. The molecule has 0 aliphatic carbocycles. The molecule has 0 aromatic heterocycles. The number of nitrogens with zero attached hydrogens (tertiary/aromatic N) is 1. The van der Waals surface area contributed by atoms with Gasteiger partial charge >= 0.3 is 9.53 Å². The molecule has 0 aromatic rings. The van der Waals surface area contributed by atoms with Crippen molar-refractivity contribution in [3.05, 3.63) is 0 Å². The van der Waals surface area contributed by atoms with E-state index in [0.717, 1.165) is 0 Å². The second kappa shape index (κ2) is 12.1. The van der Waals surface area contributed by atoms with E-state index in [1.807, 2.05) is 39.9 Å². The van der Waals surface area contributed by atoms with Crippen LogP contribution in [0.4, 0.5) is 0 Å². The van der Waals surface area contributed by atoms with Gasteiger partial charge in [0, 0.05) is 20.3 Å². The molecule has 0 aromatic carbocycles. The smallest absolute Gasteiger partial charge is 0.379 e. The monoisotopic (exact) mass is 209 g/mol. The summed E-state index contributed by atoms with van der Waals surface area (Å²) >= 11 is 0. The lowest BCUT2D eigenvalue weighted by Gasteiger charge is -2.10. The predicted octanol–water partition coefficient (Wildman–Crippen LogP) is 0.601. The van der Waals surface area contributed by atoms with Crippen molar-refractivity contribution in [1.82, 2.24) is 4.90 Å². The van der Waals surface area contributed by atoms with E-state index in [1.54, 1.807) is 7.11 Å². The molecule has 0 N–H and O–H groups in total. The minimum Gasteiger partial charge on any atom is -0.379 e. The Labute approximate surface area is 83.7 Å². The van der Waals surface area contributed by atoms with Gasteiger partial charge in [-0.15, -0.1) is 0 Å². The van der Waals surface area contributed by atoms with Gasteiger partial charge in [0.2, 0.25) is 0 Å². The molecular formula is C8H23NO3Si. The topological polar surface area (TPSA) is 30.9 Å². The number of hydrogen-bond acceptors (Lipinski definition) is 4. The summed E-state index contributed by atoms with van der Waals surface area (Å²) in [6, 6.07) is 0. The molecule has 0 amide bonds. The van der Waals surface area contributed by atoms with Crippen LogP contribution in [0.5, 0.6) is 0 Å². The van der Waals surface area contributed by atoms with Gasteiger partial charge in [-0.1, -0.05) is 0 Å². The van der Waals surface area contributed by atoms with E-state index in [4.69, 9.17) is 13.3 Å². The van der Waals surface area contributed by atoms with Crippen LogP contribution in [0, 0.1) is 0 Å². The second-order valence-corrected chi connectivity index (χ2v) is 4.49. The first-order valence-electron chi connectivity index (χ1n) is 4.45.